The van der Waals surface area contributed by atoms with Crippen LogP contribution in [0.5, 0.6) is 0 Å². The summed E-state index contributed by atoms with van der Waals surface area (Å²) in [6, 6.07) is 7.81. The molecular weight excluding hydrogens is 308 g/mol. The number of carbonyl (C=O) groups excluding carboxylic acids is 1. The fourth-order valence-corrected chi connectivity index (χ4v) is 3.29. The second-order valence-electron chi connectivity index (χ2n) is 4.97. The van der Waals surface area contributed by atoms with Crippen LogP contribution >= 0.6 is 24.2 Å². The molecule has 6 heteroatoms. The number of rotatable bonds is 4. The molecule has 1 fully saturated rings. The third-order valence-corrected chi connectivity index (χ3v) is 4.67. The molecule has 0 aliphatic carbocycles. The van der Waals surface area contributed by atoms with Gasteiger partial charge in [0.1, 0.15) is 0 Å². The van der Waals surface area contributed by atoms with E-state index in [1.54, 1.807) is 18.9 Å². The van der Waals surface area contributed by atoms with Crippen LogP contribution < -0.4 is 5.73 Å². The zero-order valence-corrected chi connectivity index (χ0v) is 14.1. The second-order valence-corrected chi connectivity index (χ2v) is 5.82. The first-order valence-corrected chi connectivity index (χ1v) is 8.10. The zero-order valence-electron chi connectivity index (χ0n) is 12.5. The van der Waals surface area contributed by atoms with E-state index in [1.165, 1.54) is 0 Å². The average molecular weight is 331 g/mol. The summed E-state index contributed by atoms with van der Waals surface area (Å²) in [6.07, 6.45) is 3.90. The van der Waals surface area contributed by atoms with Crippen molar-refractivity contribution in [1.29, 1.82) is 0 Å². The molecule has 2 atom stereocenters. The highest BCUT2D eigenvalue weighted by Gasteiger charge is 2.31. The van der Waals surface area contributed by atoms with E-state index in [0.29, 0.717) is 13.1 Å². The van der Waals surface area contributed by atoms with Crippen molar-refractivity contribution in [1.82, 2.24) is 4.90 Å². The third-order valence-electron chi connectivity index (χ3n) is 3.87. The molecule has 1 aromatic carbocycles. The Morgan fingerprint density at radius 2 is 2.19 bits per heavy atom. The normalized spacial score (nSPS) is 21.8. The van der Waals surface area contributed by atoms with Crippen LogP contribution in [-0.4, -0.2) is 49.4 Å². The minimum Gasteiger partial charge on any atom is -0.381 e. The molecule has 118 valence electrons. The van der Waals surface area contributed by atoms with Crippen LogP contribution in [0.1, 0.15) is 23.2 Å². The quantitative estimate of drug-likeness (QED) is 0.861. The SMILES string of the molecule is COC1CCN(C(=O)c2ccccc2SC)C(CN)C1.Cl. The molecule has 21 heavy (non-hydrogen) atoms. The van der Waals surface area contributed by atoms with Gasteiger partial charge in [0.05, 0.1) is 11.7 Å². The predicted octanol–water partition coefficient (Wildman–Crippen LogP) is 2.41. The number of ether oxygens (including phenoxy) is 1. The van der Waals surface area contributed by atoms with Gasteiger partial charge in [-0.25, -0.2) is 0 Å². The van der Waals surface area contributed by atoms with Gasteiger partial charge in [0.2, 0.25) is 0 Å². The van der Waals surface area contributed by atoms with Crippen LogP contribution in [0.2, 0.25) is 0 Å². The summed E-state index contributed by atoms with van der Waals surface area (Å²) in [5, 5.41) is 0. The van der Waals surface area contributed by atoms with E-state index in [4.69, 9.17) is 10.5 Å². The van der Waals surface area contributed by atoms with Gasteiger partial charge in [-0.1, -0.05) is 12.1 Å². The Kier molecular flexibility index (Phi) is 7.52. The smallest absolute Gasteiger partial charge is 0.255 e. The molecule has 0 bridgehead atoms. The summed E-state index contributed by atoms with van der Waals surface area (Å²) < 4.78 is 5.40. The highest BCUT2D eigenvalue weighted by atomic mass is 35.5. The lowest BCUT2D eigenvalue weighted by Gasteiger charge is -2.38. The van der Waals surface area contributed by atoms with Crippen molar-refractivity contribution in [3.63, 3.8) is 0 Å². The second kappa shape index (κ2) is 8.63. The van der Waals surface area contributed by atoms with E-state index in [1.807, 2.05) is 35.4 Å². The molecule has 1 heterocycles. The van der Waals surface area contributed by atoms with E-state index >= 15 is 0 Å². The number of amides is 1. The molecule has 0 radical (unpaired) electrons. The average Bonchev–Trinajstić information content (AvgIpc) is 2.53. The number of nitrogens with zero attached hydrogens (tertiary/aromatic N) is 1. The van der Waals surface area contributed by atoms with Crippen molar-refractivity contribution in [3.05, 3.63) is 29.8 Å². The zero-order chi connectivity index (χ0) is 14.5. The van der Waals surface area contributed by atoms with Crippen molar-refractivity contribution in [3.8, 4) is 0 Å². The first kappa shape index (κ1) is 18.3. The number of methoxy groups -OCH3 is 1. The van der Waals surface area contributed by atoms with E-state index in [2.05, 4.69) is 0 Å². The van der Waals surface area contributed by atoms with Gasteiger partial charge in [-0.05, 0) is 31.2 Å². The summed E-state index contributed by atoms with van der Waals surface area (Å²) in [5.74, 6) is 0.0833. The van der Waals surface area contributed by atoms with Gasteiger partial charge in [-0.15, -0.1) is 24.2 Å². The summed E-state index contributed by atoms with van der Waals surface area (Å²) >= 11 is 1.60. The topological polar surface area (TPSA) is 55.6 Å². The van der Waals surface area contributed by atoms with Crippen molar-refractivity contribution in [2.45, 2.75) is 29.9 Å². The molecule has 2 rings (SSSR count). The van der Waals surface area contributed by atoms with Crippen molar-refractivity contribution in [2.24, 2.45) is 5.73 Å². The lowest BCUT2D eigenvalue weighted by atomic mass is 9.98. The molecular formula is C15H23ClN2O2S. The monoisotopic (exact) mass is 330 g/mol. The maximum atomic E-state index is 12.8. The molecule has 2 N–H and O–H groups in total. The molecule has 1 saturated heterocycles. The van der Waals surface area contributed by atoms with E-state index in [-0.39, 0.29) is 30.5 Å². The molecule has 1 aromatic rings. The van der Waals surface area contributed by atoms with Gasteiger partial charge in [-0.3, -0.25) is 4.79 Å². The fraction of sp³-hybridized carbons (Fsp3) is 0.533. The van der Waals surface area contributed by atoms with Gasteiger partial charge >= 0.3 is 0 Å². The number of hydrogen-bond donors (Lipinski definition) is 1. The van der Waals surface area contributed by atoms with Gasteiger partial charge in [-0.2, -0.15) is 0 Å². The van der Waals surface area contributed by atoms with Crippen molar-refractivity contribution >= 4 is 30.1 Å². The molecule has 0 aromatic heterocycles. The summed E-state index contributed by atoms with van der Waals surface area (Å²) in [4.78, 5) is 15.7. The molecule has 1 amide bonds. The molecule has 0 spiro atoms. The molecule has 2 unspecified atom stereocenters. The highest BCUT2D eigenvalue weighted by molar-refractivity contribution is 7.98. The highest BCUT2D eigenvalue weighted by Crippen LogP contribution is 2.25. The lowest BCUT2D eigenvalue weighted by molar-refractivity contribution is 0.0137. The first-order chi connectivity index (χ1) is 9.71. The number of likely N-dealkylation sites (tertiary alicyclic amines) is 1. The van der Waals surface area contributed by atoms with E-state index in [0.717, 1.165) is 23.3 Å². The van der Waals surface area contributed by atoms with Gasteiger partial charge < -0.3 is 15.4 Å². The fourth-order valence-electron chi connectivity index (χ4n) is 2.70. The van der Waals surface area contributed by atoms with Gasteiger partial charge in [0.25, 0.3) is 5.91 Å². The van der Waals surface area contributed by atoms with E-state index < -0.39 is 0 Å². The van der Waals surface area contributed by atoms with Crippen LogP contribution in [0.15, 0.2) is 29.2 Å². The van der Waals surface area contributed by atoms with Crippen LogP contribution in [0.25, 0.3) is 0 Å². The van der Waals surface area contributed by atoms with Crippen molar-refractivity contribution < 1.29 is 9.53 Å². The summed E-state index contributed by atoms with van der Waals surface area (Å²) in [5.41, 5.74) is 6.61. The van der Waals surface area contributed by atoms with Crippen LogP contribution in [0.3, 0.4) is 0 Å². The van der Waals surface area contributed by atoms with Gasteiger partial charge in [0.15, 0.2) is 0 Å². The lowest BCUT2D eigenvalue weighted by Crippen LogP contribution is -2.51. The van der Waals surface area contributed by atoms with E-state index in [9.17, 15) is 4.79 Å². The Bertz CT molecular complexity index is 473. The number of piperidine rings is 1. The molecule has 0 saturated carbocycles. The number of hydrogen-bond acceptors (Lipinski definition) is 4. The Balaban J connectivity index is 0.00000220. The Morgan fingerprint density at radius 1 is 1.48 bits per heavy atom. The maximum Gasteiger partial charge on any atom is 0.255 e. The summed E-state index contributed by atoms with van der Waals surface area (Å²) in [6.45, 7) is 1.19. The Morgan fingerprint density at radius 3 is 2.81 bits per heavy atom. The third kappa shape index (κ3) is 4.13. The molecule has 4 nitrogen and oxygen atoms in total. The number of thioether (sulfide) groups is 1. The first-order valence-electron chi connectivity index (χ1n) is 6.88. The molecule has 1 aliphatic rings. The van der Waals surface area contributed by atoms with Crippen LogP contribution in [0.4, 0.5) is 0 Å². The minimum atomic E-state index is 0. The van der Waals surface area contributed by atoms with Crippen LogP contribution in [-0.2, 0) is 4.74 Å². The molecule has 1 aliphatic heterocycles. The summed E-state index contributed by atoms with van der Waals surface area (Å²) in [7, 11) is 1.72. The van der Waals surface area contributed by atoms with Gasteiger partial charge in [0, 0.05) is 31.1 Å². The number of halogens is 1. The number of carbonyl (C=O) groups is 1. The Labute approximate surface area is 136 Å². The maximum absolute atomic E-state index is 12.8. The Hall–Kier alpha value is -0.750. The predicted molar refractivity (Wildman–Crippen MR) is 89.4 cm³/mol. The number of nitrogens with two attached hydrogens (primary N) is 1. The largest absolute Gasteiger partial charge is 0.381 e. The van der Waals surface area contributed by atoms with Crippen molar-refractivity contribution in [2.75, 3.05) is 26.5 Å². The number of benzene rings is 1. The minimum absolute atomic E-state index is 0. The standard InChI is InChI=1S/C15H22N2O2S.ClH/c1-19-12-7-8-17(11(9-12)10-16)15(18)13-5-3-4-6-14(13)20-2;/h3-6,11-12H,7-10,16H2,1-2H3;1H. The van der Waals surface area contributed by atoms with Crippen LogP contribution in [0, 0.1) is 0 Å².